The minimum absolute atomic E-state index is 0.00853. The Balaban J connectivity index is 1.81. The lowest BCUT2D eigenvalue weighted by Crippen LogP contribution is -2.14. The van der Waals surface area contributed by atoms with Gasteiger partial charge in [-0.05, 0) is 34.5 Å². The van der Waals surface area contributed by atoms with Gasteiger partial charge in [0.2, 0.25) is 0 Å². The Morgan fingerprint density at radius 3 is 2.83 bits per heavy atom. The molecule has 0 aliphatic heterocycles. The molecule has 0 saturated heterocycles. The highest BCUT2D eigenvalue weighted by Gasteiger charge is 2.15. The number of aromatic nitrogens is 1. The van der Waals surface area contributed by atoms with Crippen LogP contribution in [0, 0.1) is 17.0 Å². The maximum Gasteiger partial charge on any atom is 0.310 e. The Hall–Kier alpha value is -2.48. The first-order valence-electron chi connectivity index (χ1n) is 7.09. The Morgan fingerprint density at radius 1 is 1.33 bits per heavy atom. The molecule has 0 N–H and O–H groups in total. The molecule has 0 atom stereocenters. The van der Waals surface area contributed by atoms with E-state index in [1.165, 1.54) is 6.07 Å². The van der Waals surface area contributed by atoms with Crippen LogP contribution in [0.4, 0.5) is 5.69 Å². The number of carbonyl (C=O) groups is 1. The summed E-state index contributed by atoms with van der Waals surface area (Å²) in [6, 6.07) is 6.38. The van der Waals surface area contributed by atoms with Crippen molar-refractivity contribution in [2.24, 2.45) is 0 Å². The second-order valence-electron chi connectivity index (χ2n) is 4.90. The van der Waals surface area contributed by atoms with Gasteiger partial charge in [0, 0.05) is 22.3 Å². The molecule has 0 aliphatic rings. The summed E-state index contributed by atoms with van der Waals surface area (Å²) in [4.78, 5) is 26.2. The minimum atomic E-state index is -0.468. The Bertz CT molecular complexity index is 751. The van der Waals surface area contributed by atoms with Gasteiger partial charge in [-0.3, -0.25) is 19.9 Å². The summed E-state index contributed by atoms with van der Waals surface area (Å²) < 4.78 is 11.3. The van der Waals surface area contributed by atoms with Gasteiger partial charge in [0.05, 0.1) is 17.5 Å². The second-order valence-corrected chi connectivity index (χ2v) is 5.82. The molecule has 0 bridgehead atoms. The van der Waals surface area contributed by atoms with Crippen LogP contribution in [0.5, 0.6) is 5.75 Å². The summed E-state index contributed by atoms with van der Waals surface area (Å²) in [6.45, 7) is 1.89. The zero-order chi connectivity index (χ0) is 17.5. The van der Waals surface area contributed by atoms with Crippen molar-refractivity contribution in [1.82, 2.24) is 4.98 Å². The molecule has 0 fully saturated rings. The maximum atomic E-state index is 11.8. The van der Waals surface area contributed by atoms with Crippen molar-refractivity contribution in [2.45, 2.75) is 13.3 Å². The van der Waals surface area contributed by atoms with Crippen LogP contribution >= 0.6 is 15.9 Å². The standard InChI is InChI=1S/C16H15BrN2O5/c1-11-12(3-2-4-15(11)19(21)22)7-16(20)24-6-5-23-14-8-13(17)9-18-10-14/h2-4,8-10H,5-7H2,1H3. The van der Waals surface area contributed by atoms with Crippen molar-refractivity contribution in [1.29, 1.82) is 0 Å². The molecule has 0 radical (unpaired) electrons. The largest absolute Gasteiger partial charge is 0.488 e. The van der Waals surface area contributed by atoms with E-state index in [4.69, 9.17) is 9.47 Å². The molecular weight excluding hydrogens is 380 g/mol. The lowest BCUT2D eigenvalue weighted by atomic mass is 10.0. The topological polar surface area (TPSA) is 91.6 Å². The average Bonchev–Trinajstić information content (AvgIpc) is 2.53. The zero-order valence-electron chi connectivity index (χ0n) is 12.9. The van der Waals surface area contributed by atoms with Gasteiger partial charge >= 0.3 is 5.97 Å². The normalized spacial score (nSPS) is 10.2. The lowest BCUT2D eigenvalue weighted by Gasteiger charge is -2.08. The van der Waals surface area contributed by atoms with E-state index in [1.54, 1.807) is 37.5 Å². The van der Waals surface area contributed by atoms with Gasteiger partial charge in [-0.2, -0.15) is 0 Å². The van der Waals surface area contributed by atoms with Crippen LogP contribution in [0.15, 0.2) is 41.1 Å². The van der Waals surface area contributed by atoms with E-state index in [0.29, 0.717) is 16.9 Å². The second kappa shape index (κ2) is 8.39. The van der Waals surface area contributed by atoms with Crippen molar-refractivity contribution in [3.63, 3.8) is 0 Å². The molecule has 24 heavy (non-hydrogen) atoms. The molecule has 0 unspecified atom stereocenters. The van der Waals surface area contributed by atoms with Crippen LogP contribution in [-0.4, -0.2) is 29.1 Å². The summed E-state index contributed by atoms with van der Waals surface area (Å²) in [6.07, 6.45) is 3.17. The quantitative estimate of drug-likeness (QED) is 0.309. The van der Waals surface area contributed by atoms with Gasteiger partial charge in [0.1, 0.15) is 19.0 Å². The molecule has 126 valence electrons. The summed E-state index contributed by atoms with van der Waals surface area (Å²) in [7, 11) is 0. The summed E-state index contributed by atoms with van der Waals surface area (Å²) >= 11 is 3.28. The number of pyridine rings is 1. The number of hydrogen-bond acceptors (Lipinski definition) is 6. The highest BCUT2D eigenvalue weighted by molar-refractivity contribution is 9.10. The molecule has 0 saturated carbocycles. The number of rotatable bonds is 7. The fourth-order valence-electron chi connectivity index (χ4n) is 2.05. The number of ether oxygens (including phenoxy) is 2. The van der Waals surface area contributed by atoms with E-state index in [9.17, 15) is 14.9 Å². The number of esters is 1. The molecule has 0 aliphatic carbocycles. The molecule has 0 spiro atoms. The first kappa shape index (κ1) is 17.9. The summed E-state index contributed by atoms with van der Waals surface area (Å²) in [5.41, 5.74) is 1.04. The maximum absolute atomic E-state index is 11.8. The highest BCUT2D eigenvalue weighted by atomic mass is 79.9. The van der Waals surface area contributed by atoms with E-state index in [2.05, 4.69) is 20.9 Å². The van der Waals surface area contributed by atoms with Crippen molar-refractivity contribution < 1.29 is 19.2 Å². The monoisotopic (exact) mass is 394 g/mol. The third-order valence-electron chi connectivity index (χ3n) is 3.24. The summed E-state index contributed by atoms with van der Waals surface area (Å²) in [5, 5.41) is 10.9. The fourth-order valence-corrected chi connectivity index (χ4v) is 2.40. The van der Waals surface area contributed by atoms with Crippen molar-refractivity contribution in [2.75, 3.05) is 13.2 Å². The number of nitro groups is 1. The van der Waals surface area contributed by atoms with E-state index in [-0.39, 0.29) is 25.3 Å². The predicted octanol–water partition coefficient (Wildman–Crippen LogP) is 3.23. The molecule has 2 rings (SSSR count). The predicted molar refractivity (Wildman–Crippen MR) is 89.9 cm³/mol. The van der Waals surface area contributed by atoms with E-state index in [1.807, 2.05) is 0 Å². The molecule has 1 aromatic heterocycles. The molecule has 1 aromatic carbocycles. The van der Waals surface area contributed by atoms with Crippen molar-refractivity contribution in [3.8, 4) is 5.75 Å². The Morgan fingerprint density at radius 2 is 2.12 bits per heavy atom. The first-order chi connectivity index (χ1) is 11.5. The Kier molecular flexibility index (Phi) is 6.25. The van der Waals surface area contributed by atoms with Crippen LogP contribution in [0.1, 0.15) is 11.1 Å². The number of nitrogens with zero attached hydrogens (tertiary/aromatic N) is 2. The fraction of sp³-hybridized carbons (Fsp3) is 0.250. The molecule has 7 nitrogen and oxygen atoms in total. The van der Waals surface area contributed by atoms with Gasteiger partial charge in [-0.1, -0.05) is 12.1 Å². The van der Waals surface area contributed by atoms with E-state index in [0.717, 1.165) is 4.47 Å². The molecule has 1 heterocycles. The first-order valence-corrected chi connectivity index (χ1v) is 7.88. The van der Waals surface area contributed by atoms with Gasteiger partial charge < -0.3 is 9.47 Å². The number of nitro benzene ring substituents is 1. The van der Waals surface area contributed by atoms with Crippen LogP contribution < -0.4 is 4.74 Å². The third-order valence-corrected chi connectivity index (χ3v) is 3.68. The van der Waals surface area contributed by atoms with Gasteiger partial charge in [-0.25, -0.2) is 0 Å². The minimum Gasteiger partial charge on any atom is -0.488 e. The number of hydrogen-bond donors (Lipinski definition) is 0. The smallest absolute Gasteiger partial charge is 0.310 e. The average molecular weight is 395 g/mol. The molecule has 0 amide bonds. The van der Waals surface area contributed by atoms with Crippen LogP contribution in [0.2, 0.25) is 0 Å². The van der Waals surface area contributed by atoms with Crippen LogP contribution in [0.25, 0.3) is 0 Å². The molecule has 2 aromatic rings. The summed E-state index contributed by atoms with van der Waals surface area (Å²) in [5.74, 6) is 0.101. The van der Waals surface area contributed by atoms with E-state index < -0.39 is 10.9 Å². The van der Waals surface area contributed by atoms with Crippen molar-refractivity contribution >= 4 is 27.6 Å². The number of carbonyl (C=O) groups excluding carboxylic acids is 1. The number of halogens is 1. The van der Waals surface area contributed by atoms with Gasteiger partial charge in [-0.15, -0.1) is 0 Å². The zero-order valence-corrected chi connectivity index (χ0v) is 14.5. The van der Waals surface area contributed by atoms with Crippen LogP contribution in [-0.2, 0) is 16.0 Å². The number of benzene rings is 1. The highest BCUT2D eigenvalue weighted by Crippen LogP contribution is 2.21. The SMILES string of the molecule is Cc1c(CC(=O)OCCOc2cncc(Br)c2)cccc1[N+](=O)[O-]. The Labute approximate surface area is 146 Å². The molecular formula is C16H15BrN2O5. The van der Waals surface area contributed by atoms with Crippen LogP contribution in [0.3, 0.4) is 0 Å². The molecule has 8 heteroatoms. The lowest BCUT2D eigenvalue weighted by molar-refractivity contribution is -0.385. The van der Waals surface area contributed by atoms with Gasteiger partial charge in [0.15, 0.2) is 0 Å². The van der Waals surface area contributed by atoms with Crippen molar-refractivity contribution in [3.05, 3.63) is 62.4 Å². The van der Waals surface area contributed by atoms with Gasteiger partial charge in [0.25, 0.3) is 5.69 Å². The van der Waals surface area contributed by atoms with E-state index >= 15 is 0 Å². The third kappa shape index (κ3) is 5.02.